The Morgan fingerprint density at radius 1 is 1.23 bits per heavy atom. The summed E-state index contributed by atoms with van der Waals surface area (Å²) in [5.41, 5.74) is 1.52. The topological polar surface area (TPSA) is 83.2 Å². The van der Waals surface area contributed by atoms with Gasteiger partial charge in [-0.05, 0) is 63.8 Å². The number of hydrogen-bond acceptors (Lipinski definition) is 6. The summed E-state index contributed by atoms with van der Waals surface area (Å²) in [4.78, 5) is 29.2. The quantitative estimate of drug-likeness (QED) is 0.464. The fourth-order valence-corrected chi connectivity index (χ4v) is 4.04. The lowest BCUT2D eigenvalue weighted by molar-refractivity contribution is -0.140. The zero-order valence-corrected chi connectivity index (χ0v) is 17.6. The number of carbonyl (C=O) groups excluding carboxylic acids is 2. The highest BCUT2D eigenvalue weighted by Gasteiger charge is 2.47. The van der Waals surface area contributed by atoms with Crippen molar-refractivity contribution in [2.45, 2.75) is 32.4 Å². The van der Waals surface area contributed by atoms with Crippen molar-refractivity contribution < 1.29 is 23.8 Å². The molecule has 30 heavy (non-hydrogen) atoms. The molecule has 1 N–H and O–H groups in total. The number of likely N-dealkylation sites (N-methyl/N-ethyl adjacent to an activating group) is 1. The molecule has 2 atom stereocenters. The number of Topliss-reactive ketones (excluding diaryl/α,β-unsaturated/α-hetero) is 1. The van der Waals surface area contributed by atoms with Crippen molar-refractivity contribution in [3.8, 4) is 5.75 Å². The van der Waals surface area contributed by atoms with Crippen LogP contribution in [0.4, 0.5) is 0 Å². The summed E-state index contributed by atoms with van der Waals surface area (Å²) in [7, 11) is 3.80. The van der Waals surface area contributed by atoms with Gasteiger partial charge >= 0.3 is 0 Å². The van der Waals surface area contributed by atoms with Crippen molar-refractivity contribution in [3.05, 3.63) is 58.6 Å². The van der Waals surface area contributed by atoms with Gasteiger partial charge in [0.15, 0.2) is 0 Å². The number of hydrogen-bond donors (Lipinski definition) is 1. The summed E-state index contributed by atoms with van der Waals surface area (Å²) in [6.07, 6.45) is 0.800. The monoisotopic (exact) mass is 410 g/mol. The van der Waals surface area contributed by atoms with Crippen molar-refractivity contribution in [3.63, 3.8) is 0 Å². The van der Waals surface area contributed by atoms with Crippen LogP contribution in [-0.4, -0.2) is 59.9 Å². The molecule has 1 saturated heterocycles. The number of fused-ring (bicyclic) bond motifs is 1. The molecule has 2 aliphatic rings. The van der Waals surface area contributed by atoms with E-state index in [-0.39, 0.29) is 17.4 Å². The number of likely N-dealkylation sites (tertiary alicyclic amines) is 1. The van der Waals surface area contributed by atoms with Crippen LogP contribution < -0.4 is 4.74 Å². The number of amides is 1. The fraction of sp³-hybridized carbons (Fsp3) is 0.391. The molecule has 158 valence electrons. The van der Waals surface area contributed by atoms with Crippen LogP contribution in [0.3, 0.4) is 0 Å². The van der Waals surface area contributed by atoms with Crippen LogP contribution in [0.1, 0.15) is 35.6 Å². The molecule has 2 aliphatic heterocycles. The molecule has 0 bridgehead atoms. The summed E-state index contributed by atoms with van der Waals surface area (Å²) in [5, 5.41) is 11.1. The molecule has 0 saturated carbocycles. The van der Waals surface area contributed by atoms with Crippen LogP contribution in [0.25, 0.3) is 5.76 Å². The molecule has 2 aromatic rings. The first kappa shape index (κ1) is 20.2. The van der Waals surface area contributed by atoms with Crippen molar-refractivity contribution in [2.24, 2.45) is 0 Å². The predicted octanol–water partition coefficient (Wildman–Crippen LogP) is 2.89. The van der Waals surface area contributed by atoms with Gasteiger partial charge in [0.25, 0.3) is 11.7 Å². The zero-order valence-electron chi connectivity index (χ0n) is 17.6. The number of carbonyl (C=O) groups is 2. The lowest BCUT2D eigenvalue weighted by Gasteiger charge is -2.24. The Balaban J connectivity index is 1.80. The number of furan rings is 1. The van der Waals surface area contributed by atoms with Crippen molar-refractivity contribution >= 4 is 17.4 Å². The SMILES string of the molecule is Cc1ccc([C@H]2C(=C(O)c3ccc4c(c3)C[C@H](C)O4)C(=O)C(=O)N2CCN(C)C)o1. The minimum atomic E-state index is -0.762. The number of nitrogens with zero attached hydrogens (tertiary/aromatic N) is 2. The molecular formula is C23H26N2O5. The summed E-state index contributed by atoms with van der Waals surface area (Å²) in [5.74, 6) is 0.397. The maximum Gasteiger partial charge on any atom is 0.295 e. The Labute approximate surface area is 175 Å². The first-order chi connectivity index (χ1) is 14.3. The van der Waals surface area contributed by atoms with Crippen molar-refractivity contribution in [2.75, 3.05) is 27.2 Å². The Bertz CT molecular complexity index is 1040. The van der Waals surface area contributed by atoms with Crippen LogP contribution in [0.2, 0.25) is 0 Å². The number of aliphatic hydroxyl groups is 1. The molecule has 1 aromatic heterocycles. The molecule has 7 nitrogen and oxygen atoms in total. The van der Waals surface area contributed by atoms with E-state index in [0.29, 0.717) is 30.2 Å². The third-order valence-electron chi connectivity index (χ3n) is 5.53. The third-order valence-corrected chi connectivity index (χ3v) is 5.53. The molecule has 1 fully saturated rings. The number of aryl methyl sites for hydroxylation is 1. The molecule has 3 heterocycles. The van der Waals surface area contributed by atoms with Crippen molar-refractivity contribution in [1.82, 2.24) is 9.80 Å². The Morgan fingerprint density at radius 3 is 2.67 bits per heavy atom. The van der Waals surface area contributed by atoms with Gasteiger partial charge in [0.2, 0.25) is 0 Å². The van der Waals surface area contributed by atoms with Gasteiger partial charge in [0.1, 0.15) is 35.2 Å². The van der Waals surface area contributed by atoms with Gasteiger partial charge < -0.3 is 24.1 Å². The molecule has 1 amide bonds. The van der Waals surface area contributed by atoms with Gasteiger partial charge in [-0.25, -0.2) is 0 Å². The average molecular weight is 410 g/mol. The van der Waals surface area contributed by atoms with Crippen LogP contribution in [0.15, 0.2) is 40.3 Å². The van der Waals surface area contributed by atoms with Gasteiger partial charge in [0.05, 0.1) is 5.57 Å². The van der Waals surface area contributed by atoms with E-state index in [2.05, 4.69) is 0 Å². The fourth-order valence-electron chi connectivity index (χ4n) is 4.04. The van der Waals surface area contributed by atoms with Crippen LogP contribution in [-0.2, 0) is 16.0 Å². The Hall–Kier alpha value is -3.06. The summed E-state index contributed by atoms with van der Waals surface area (Å²) < 4.78 is 11.5. The van der Waals surface area contributed by atoms with Crippen LogP contribution >= 0.6 is 0 Å². The minimum absolute atomic E-state index is 0.0556. The van der Waals surface area contributed by atoms with E-state index in [0.717, 1.165) is 17.7 Å². The van der Waals surface area contributed by atoms with E-state index in [1.54, 1.807) is 31.2 Å². The van der Waals surface area contributed by atoms with E-state index in [4.69, 9.17) is 9.15 Å². The third kappa shape index (κ3) is 3.50. The second kappa shape index (κ2) is 7.65. The molecule has 1 aromatic carbocycles. The molecule has 4 rings (SSSR count). The Kier molecular flexibility index (Phi) is 5.15. The first-order valence-electron chi connectivity index (χ1n) is 10.1. The average Bonchev–Trinajstić information content (AvgIpc) is 3.35. The van der Waals surface area contributed by atoms with Crippen LogP contribution in [0, 0.1) is 6.92 Å². The van der Waals surface area contributed by atoms with Gasteiger partial charge in [-0.1, -0.05) is 0 Å². The normalized spacial score (nSPS) is 22.6. The molecule has 0 radical (unpaired) electrons. The second-order valence-corrected chi connectivity index (χ2v) is 8.20. The predicted molar refractivity (Wildman–Crippen MR) is 111 cm³/mol. The molecular weight excluding hydrogens is 384 g/mol. The number of ketones is 1. The lowest BCUT2D eigenvalue weighted by atomic mass is 9.97. The van der Waals surface area contributed by atoms with Gasteiger partial charge in [-0.15, -0.1) is 0 Å². The van der Waals surface area contributed by atoms with E-state index < -0.39 is 17.7 Å². The molecule has 7 heteroatoms. The standard InChI is InChI=1S/C23H26N2O5/c1-13-5-7-18(29-13)20-19(22(27)23(28)25(20)10-9-24(3)4)21(26)15-6-8-17-16(12-15)11-14(2)30-17/h5-8,12,14,20,26H,9-11H2,1-4H3/t14-,20-/m0/s1. The summed E-state index contributed by atoms with van der Waals surface area (Å²) in [6.45, 7) is 4.71. The number of benzene rings is 1. The Morgan fingerprint density at radius 2 is 2.00 bits per heavy atom. The van der Waals surface area contributed by atoms with Gasteiger partial charge in [-0.3, -0.25) is 9.59 Å². The largest absolute Gasteiger partial charge is 0.507 e. The summed E-state index contributed by atoms with van der Waals surface area (Å²) in [6, 6.07) is 8.11. The highest BCUT2D eigenvalue weighted by molar-refractivity contribution is 6.46. The van der Waals surface area contributed by atoms with E-state index in [1.165, 1.54) is 4.90 Å². The highest BCUT2D eigenvalue weighted by Crippen LogP contribution is 2.40. The lowest BCUT2D eigenvalue weighted by Crippen LogP contribution is -2.35. The second-order valence-electron chi connectivity index (χ2n) is 8.20. The van der Waals surface area contributed by atoms with E-state index in [9.17, 15) is 14.7 Å². The zero-order chi connectivity index (χ0) is 21.6. The highest BCUT2D eigenvalue weighted by atomic mass is 16.5. The molecule has 0 spiro atoms. The summed E-state index contributed by atoms with van der Waals surface area (Å²) >= 11 is 0. The maximum atomic E-state index is 13.0. The van der Waals surface area contributed by atoms with E-state index in [1.807, 2.05) is 32.0 Å². The minimum Gasteiger partial charge on any atom is -0.507 e. The van der Waals surface area contributed by atoms with Gasteiger partial charge in [-0.2, -0.15) is 0 Å². The molecule has 0 unspecified atom stereocenters. The molecule has 0 aliphatic carbocycles. The van der Waals surface area contributed by atoms with Crippen molar-refractivity contribution in [1.29, 1.82) is 0 Å². The van der Waals surface area contributed by atoms with E-state index >= 15 is 0 Å². The maximum absolute atomic E-state index is 13.0. The van der Waals surface area contributed by atoms with Gasteiger partial charge in [0, 0.05) is 25.1 Å². The number of rotatable bonds is 5. The number of ether oxygens (including phenoxy) is 1. The number of aliphatic hydroxyl groups excluding tert-OH is 1. The first-order valence-corrected chi connectivity index (χ1v) is 10.1. The smallest absolute Gasteiger partial charge is 0.295 e. The van der Waals surface area contributed by atoms with Crippen LogP contribution in [0.5, 0.6) is 5.75 Å².